The molecule has 4 unspecified atom stereocenters. The lowest BCUT2D eigenvalue weighted by Gasteiger charge is -2.53. The summed E-state index contributed by atoms with van der Waals surface area (Å²) in [5.74, 6) is -2.56. The van der Waals surface area contributed by atoms with E-state index in [-0.39, 0.29) is 12.3 Å². The number of hydrogen-bond donors (Lipinski definition) is 6. The molecule has 0 bridgehead atoms. The summed E-state index contributed by atoms with van der Waals surface area (Å²) in [5, 5.41) is 59.8. The van der Waals surface area contributed by atoms with E-state index >= 15 is 0 Å². The number of carboxylic acids is 2. The Morgan fingerprint density at radius 3 is 1.19 bits per heavy atom. The maximum atomic E-state index is 11.1. The van der Waals surface area contributed by atoms with Crippen molar-refractivity contribution in [3.63, 3.8) is 0 Å². The molecule has 0 aliphatic heterocycles. The van der Waals surface area contributed by atoms with Crippen LogP contribution in [-0.2, 0) is 9.59 Å². The number of carboxylic acid groups (broad SMARTS) is 2. The fourth-order valence-electron chi connectivity index (χ4n) is 3.81. The van der Waals surface area contributed by atoms with Gasteiger partial charge in [0, 0.05) is 0 Å². The molecule has 11 heteroatoms. The molecule has 0 heterocycles. The predicted octanol–water partition coefficient (Wildman–Crippen LogP) is -2.78. The summed E-state index contributed by atoms with van der Waals surface area (Å²) in [6.45, 7) is 2.33. The molecule has 1 rings (SSSR count). The van der Waals surface area contributed by atoms with Gasteiger partial charge < -0.3 is 30.6 Å². The van der Waals surface area contributed by atoms with E-state index in [2.05, 4.69) is 6.58 Å². The Bertz CT molecular complexity index is 472. The summed E-state index contributed by atoms with van der Waals surface area (Å²) in [6, 6.07) is -3.20. The lowest BCUT2D eigenvalue weighted by Crippen LogP contribution is -2.74. The van der Waals surface area contributed by atoms with Crippen LogP contribution in [0.1, 0.15) is 0 Å². The molecule has 11 nitrogen and oxygen atoms in total. The zero-order valence-electron chi connectivity index (χ0n) is 15.6. The highest BCUT2D eigenvalue weighted by atomic mass is 16.4. The maximum absolute atomic E-state index is 11.1. The van der Waals surface area contributed by atoms with Crippen molar-refractivity contribution in [2.75, 3.05) is 40.8 Å². The van der Waals surface area contributed by atoms with Crippen LogP contribution in [0.4, 0.5) is 0 Å². The first kappa shape index (κ1) is 23.3. The Morgan fingerprint density at radius 1 is 0.704 bits per heavy atom. The van der Waals surface area contributed by atoms with Crippen molar-refractivity contribution in [2.24, 2.45) is 0 Å². The highest BCUT2D eigenvalue weighted by Crippen LogP contribution is 2.30. The Morgan fingerprint density at radius 2 is 0.963 bits per heavy atom. The molecule has 0 aromatic rings. The SMILES string of the molecule is C=C(O)CN(C)C1C(O)C(N(C)CC(=O)O)C(O)C(N(C)CC(=O)O)C1O. The Kier molecular flexibility index (Phi) is 8.14. The van der Waals surface area contributed by atoms with Gasteiger partial charge in [0.25, 0.3) is 0 Å². The fourth-order valence-corrected chi connectivity index (χ4v) is 3.81. The average molecular weight is 391 g/mol. The van der Waals surface area contributed by atoms with Gasteiger partial charge in [-0.3, -0.25) is 24.3 Å². The smallest absolute Gasteiger partial charge is 0.317 e. The van der Waals surface area contributed by atoms with E-state index in [9.17, 15) is 30.0 Å². The van der Waals surface area contributed by atoms with E-state index in [0.29, 0.717) is 0 Å². The minimum Gasteiger partial charge on any atom is -0.512 e. The van der Waals surface area contributed by atoms with Gasteiger partial charge in [-0.25, -0.2) is 0 Å². The lowest BCUT2D eigenvalue weighted by atomic mass is 9.77. The third-order valence-electron chi connectivity index (χ3n) is 4.83. The molecule has 0 aromatic heterocycles. The normalized spacial score (nSPS) is 31.4. The zero-order chi connectivity index (χ0) is 21.0. The fraction of sp³-hybridized carbons (Fsp3) is 0.750. The quantitative estimate of drug-likeness (QED) is 0.225. The molecule has 4 atom stereocenters. The highest BCUT2D eigenvalue weighted by Gasteiger charge is 2.53. The second-order valence-corrected chi connectivity index (χ2v) is 7.04. The molecule has 0 saturated heterocycles. The van der Waals surface area contributed by atoms with Gasteiger partial charge in [0.15, 0.2) is 0 Å². The van der Waals surface area contributed by atoms with E-state index in [4.69, 9.17) is 10.2 Å². The van der Waals surface area contributed by atoms with Gasteiger partial charge in [0.1, 0.15) is 0 Å². The van der Waals surface area contributed by atoms with Gasteiger partial charge >= 0.3 is 11.9 Å². The molecular formula is C16H29N3O8. The summed E-state index contributed by atoms with van der Waals surface area (Å²) in [5.41, 5.74) is 0. The zero-order valence-corrected chi connectivity index (χ0v) is 15.6. The van der Waals surface area contributed by atoms with Crippen molar-refractivity contribution < 1.29 is 40.2 Å². The standard InChI is InChI=1S/C16H29N3O8/c1-8(20)5-17(2)11-14(25)12(18(3)6-9(21)22)16(27)13(15(11)26)19(4)7-10(23)24/h11-16,20,25-27H,1,5-7H2,2-4H3,(H,21,22)(H,23,24). The first-order chi connectivity index (χ1) is 12.4. The Hall–Kier alpha value is -1.76. The van der Waals surface area contributed by atoms with Crippen molar-refractivity contribution in [2.45, 2.75) is 36.4 Å². The van der Waals surface area contributed by atoms with Crippen molar-refractivity contribution in [1.29, 1.82) is 0 Å². The van der Waals surface area contributed by atoms with Gasteiger partial charge in [0.05, 0.1) is 61.8 Å². The first-order valence-corrected chi connectivity index (χ1v) is 8.33. The topological polar surface area (TPSA) is 165 Å². The van der Waals surface area contributed by atoms with Gasteiger partial charge in [-0.05, 0) is 21.1 Å². The molecular weight excluding hydrogens is 362 g/mol. The summed E-state index contributed by atoms with van der Waals surface area (Å²) in [6.07, 6.45) is -4.18. The number of hydrogen-bond acceptors (Lipinski definition) is 9. The molecule has 1 fully saturated rings. The van der Waals surface area contributed by atoms with Crippen molar-refractivity contribution in [3.05, 3.63) is 12.3 Å². The summed E-state index contributed by atoms with van der Waals surface area (Å²) < 4.78 is 0. The molecule has 1 aliphatic rings. The average Bonchev–Trinajstić information content (AvgIpc) is 2.43. The van der Waals surface area contributed by atoms with Crippen molar-refractivity contribution in [3.8, 4) is 0 Å². The largest absolute Gasteiger partial charge is 0.512 e. The molecule has 1 saturated carbocycles. The van der Waals surface area contributed by atoms with Gasteiger partial charge in [-0.1, -0.05) is 6.58 Å². The number of aliphatic carboxylic acids is 2. The van der Waals surface area contributed by atoms with Crippen molar-refractivity contribution in [1.82, 2.24) is 14.7 Å². The van der Waals surface area contributed by atoms with Crippen LogP contribution in [0, 0.1) is 0 Å². The highest BCUT2D eigenvalue weighted by molar-refractivity contribution is 5.69. The molecule has 1 aliphatic carbocycles. The first-order valence-electron chi connectivity index (χ1n) is 8.33. The molecule has 27 heavy (non-hydrogen) atoms. The molecule has 0 amide bonds. The number of aliphatic hydroxyl groups excluding tert-OH is 4. The second-order valence-electron chi connectivity index (χ2n) is 7.04. The number of carbonyl (C=O) groups is 2. The lowest BCUT2D eigenvalue weighted by molar-refractivity contribution is -0.174. The number of aliphatic hydroxyl groups is 4. The number of nitrogens with zero attached hydrogens (tertiary/aromatic N) is 3. The van der Waals surface area contributed by atoms with Crippen LogP contribution in [0.25, 0.3) is 0 Å². The van der Waals surface area contributed by atoms with Crippen LogP contribution in [0.5, 0.6) is 0 Å². The van der Waals surface area contributed by atoms with Crippen LogP contribution >= 0.6 is 0 Å². The maximum Gasteiger partial charge on any atom is 0.317 e. The third kappa shape index (κ3) is 5.61. The van der Waals surface area contributed by atoms with Crippen molar-refractivity contribution >= 4 is 11.9 Å². The number of rotatable bonds is 9. The van der Waals surface area contributed by atoms with E-state index in [1.807, 2.05) is 0 Å². The van der Waals surface area contributed by atoms with E-state index in [1.165, 1.54) is 35.8 Å². The van der Waals surface area contributed by atoms with Gasteiger partial charge in [-0.2, -0.15) is 0 Å². The monoisotopic (exact) mass is 391 g/mol. The van der Waals surface area contributed by atoms with E-state index in [0.717, 1.165) is 0 Å². The predicted molar refractivity (Wildman–Crippen MR) is 94.3 cm³/mol. The molecule has 156 valence electrons. The van der Waals surface area contributed by atoms with Crippen LogP contribution in [0.15, 0.2) is 12.3 Å². The Labute approximate surface area is 157 Å². The summed E-state index contributed by atoms with van der Waals surface area (Å²) >= 11 is 0. The molecule has 6 N–H and O–H groups in total. The van der Waals surface area contributed by atoms with E-state index < -0.39 is 61.5 Å². The summed E-state index contributed by atoms with van der Waals surface area (Å²) in [7, 11) is 4.32. The summed E-state index contributed by atoms with van der Waals surface area (Å²) in [4.78, 5) is 26.0. The van der Waals surface area contributed by atoms with Crippen LogP contribution < -0.4 is 0 Å². The van der Waals surface area contributed by atoms with Crippen LogP contribution in [-0.4, -0.2) is 134 Å². The van der Waals surface area contributed by atoms with Gasteiger partial charge in [-0.15, -0.1) is 0 Å². The minimum absolute atomic E-state index is 0.0837. The molecule has 0 radical (unpaired) electrons. The second kappa shape index (κ2) is 9.44. The van der Waals surface area contributed by atoms with E-state index in [1.54, 1.807) is 0 Å². The van der Waals surface area contributed by atoms with Gasteiger partial charge in [0.2, 0.25) is 0 Å². The Balaban J connectivity index is 3.28. The third-order valence-corrected chi connectivity index (χ3v) is 4.83. The van der Waals surface area contributed by atoms with Crippen LogP contribution in [0.2, 0.25) is 0 Å². The van der Waals surface area contributed by atoms with Crippen LogP contribution in [0.3, 0.4) is 0 Å². The molecule has 0 aromatic carbocycles. The molecule has 0 spiro atoms. The minimum atomic E-state index is -1.43. The number of likely N-dealkylation sites (N-methyl/N-ethyl adjacent to an activating group) is 3.